The molecule has 17 heteroatoms. The van der Waals surface area contributed by atoms with Crippen LogP contribution in [0.3, 0.4) is 0 Å². The lowest BCUT2D eigenvalue weighted by Crippen LogP contribution is -2.55. The maximum Gasteiger partial charge on any atom is 0.412 e. The first-order valence-corrected chi connectivity index (χ1v) is 18.1. The van der Waals surface area contributed by atoms with Gasteiger partial charge in [0.25, 0.3) is 0 Å². The lowest BCUT2D eigenvalue weighted by molar-refractivity contribution is -0.102. The van der Waals surface area contributed by atoms with Crippen molar-refractivity contribution in [3.8, 4) is 23.2 Å². The van der Waals surface area contributed by atoms with Crippen molar-refractivity contribution < 1.29 is 47.2 Å². The van der Waals surface area contributed by atoms with E-state index < -0.39 is 35.5 Å². The van der Waals surface area contributed by atoms with E-state index in [1.807, 2.05) is 4.90 Å². The van der Waals surface area contributed by atoms with Crippen LogP contribution in [0.5, 0.6) is 6.01 Å². The van der Waals surface area contributed by atoms with Gasteiger partial charge in [-0.3, -0.25) is 5.32 Å². The predicted molar refractivity (Wildman–Crippen MR) is 188 cm³/mol. The molecule has 14 nitrogen and oxygen atoms in total. The van der Waals surface area contributed by atoms with Gasteiger partial charge in [-0.15, -0.1) is 11.3 Å². The van der Waals surface area contributed by atoms with Crippen molar-refractivity contribution in [1.82, 2.24) is 14.9 Å². The van der Waals surface area contributed by atoms with Crippen LogP contribution in [0.4, 0.5) is 29.2 Å². The van der Waals surface area contributed by atoms with Crippen molar-refractivity contribution in [3.05, 3.63) is 40.5 Å². The number of carbonyl (C=O) groups excluding carboxylic acids is 1. The molecule has 6 heterocycles. The van der Waals surface area contributed by atoms with Crippen LogP contribution >= 0.6 is 11.3 Å². The molecule has 3 fully saturated rings. The number of carbonyl (C=O) groups is 2. The van der Waals surface area contributed by atoms with Crippen molar-refractivity contribution in [2.45, 2.75) is 70.6 Å². The number of fused-ring (bicyclic) bond motifs is 6. The molecule has 2 aromatic heterocycles. The average Bonchev–Trinajstić information content (AvgIpc) is 3.80. The number of rotatable bonds is 6. The quantitative estimate of drug-likeness (QED) is 0.231. The minimum Gasteiger partial charge on any atom is -0.465 e. The van der Waals surface area contributed by atoms with E-state index in [-0.39, 0.29) is 83.6 Å². The number of carboxylic acid groups (broad SMARTS) is 1. The molecule has 4 aliphatic rings. The Morgan fingerprint density at radius 1 is 1.08 bits per heavy atom. The van der Waals surface area contributed by atoms with E-state index in [1.165, 1.54) is 17.0 Å². The third-order valence-corrected chi connectivity index (χ3v) is 10.9. The van der Waals surface area contributed by atoms with Gasteiger partial charge in [-0.1, -0.05) is 0 Å². The zero-order valence-electron chi connectivity index (χ0n) is 29.2. The Morgan fingerprint density at radius 3 is 2.51 bits per heavy atom. The Labute approximate surface area is 306 Å². The van der Waals surface area contributed by atoms with Gasteiger partial charge in [-0.2, -0.15) is 15.2 Å². The number of aromatic nitrogens is 2. The van der Waals surface area contributed by atoms with E-state index in [0.717, 1.165) is 11.3 Å². The van der Waals surface area contributed by atoms with Crippen LogP contribution in [0.15, 0.2) is 12.1 Å². The number of ether oxygens (including phenoxy) is 5. The second-order valence-electron chi connectivity index (χ2n) is 14.4. The lowest BCUT2D eigenvalue weighted by Gasteiger charge is -2.41. The molecule has 2 unspecified atom stereocenters. The van der Waals surface area contributed by atoms with Gasteiger partial charge in [0.15, 0.2) is 5.82 Å². The van der Waals surface area contributed by atoms with Crippen LogP contribution < -0.4 is 15.0 Å². The number of nitrogens with one attached hydrogen (secondary N) is 1. The van der Waals surface area contributed by atoms with Crippen LogP contribution in [-0.2, 0) is 32.2 Å². The summed E-state index contributed by atoms with van der Waals surface area (Å²) < 4.78 is 62.9. The van der Waals surface area contributed by atoms with Crippen LogP contribution in [-0.4, -0.2) is 95.5 Å². The van der Waals surface area contributed by atoms with E-state index in [1.54, 1.807) is 20.8 Å². The minimum atomic E-state index is -1.01. The van der Waals surface area contributed by atoms with Crippen molar-refractivity contribution in [2.24, 2.45) is 0 Å². The molecule has 4 aliphatic heterocycles. The molecular formula is C36H36F2N6O8S. The first-order chi connectivity index (χ1) is 25.4. The molecule has 2 N–H and O–H groups in total. The Bertz CT molecular complexity index is 2180. The molecule has 0 radical (unpaired) electrons. The second-order valence-corrected chi connectivity index (χ2v) is 15.4. The van der Waals surface area contributed by atoms with E-state index in [4.69, 9.17) is 28.7 Å². The monoisotopic (exact) mass is 750 g/mol. The normalized spacial score (nSPS) is 21.2. The molecule has 0 spiro atoms. The molecule has 3 atom stereocenters. The van der Waals surface area contributed by atoms with Gasteiger partial charge in [-0.05, 0) is 56.9 Å². The highest BCUT2D eigenvalue weighted by atomic mass is 32.1. The fourth-order valence-electron chi connectivity index (χ4n) is 7.71. The average molecular weight is 751 g/mol. The van der Waals surface area contributed by atoms with Gasteiger partial charge in [0.2, 0.25) is 0 Å². The van der Waals surface area contributed by atoms with Crippen molar-refractivity contribution >= 4 is 55.3 Å². The summed E-state index contributed by atoms with van der Waals surface area (Å²) in [5.41, 5.74) is -0.359. The van der Waals surface area contributed by atoms with E-state index >= 15 is 8.78 Å². The molecule has 278 valence electrons. The summed E-state index contributed by atoms with van der Waals surface area (Å²) in [6.45, 7) is 6.73. The standard InChI is InChI=1S/C36H36F2N6O8S/c1-36(2,3)52-34(45)42-32-20(10-39)25-24(53-32)7-6-23(37)28(25)26-21-15-49-16-22(21)27-30(29(26)38)40-33(51-14-19-13-48-8-9-50-19)41-31(27)44-17-4-5-18(44)12-43(11-17)35(46)47/h6-7,17-19H,4-5,8-9,11-16H2,1-3H3,(H,42,45)(H,46,47)/t17?,18?,19-/m1/s1. The molecule has 4 aromatic rings. The highest BCUT2D eigenvalue weighted by molar-refractivity contribution is 7.23. The number of piperazine rings is 1. The van der Waals surface area contributed by atoms with Gasteiger partial charge in [0.05, 0.1) is 44.0 Å². The highest BCUT2D eigenvalue weighted by Gasteiger charge is 2.44. The molecule has 3 saturated heterocycles. The number of anilines is 2. The smallest absolute Gasteiger partial charge is 0.412 e. The van der Waals surface area contributed by atoms with E-state index in [0.29, 0.717) is 59.7 Å². The number of thiophene rings is 1. The summed E-state index contributed by atoms with van der Waals surface area (Å²) >= 11 is 1.04. The number of hydrogen-bond acceptors (Lipinski definition) is 12. The fraction of sp³-hybridized carbons (Fsp3) is 0.472. The Hall–Kier alpha value is -4.89. The summed E-state index contributed by atoms with van der Waals surface area (Å²) in [5, 5.41) is 23.4. The first-order valence-electron chi connectivity index (χ1n) is 17.3. The predicted octanol–water partition coefficient (Wildman–Crippen LogP) is 6.16. The Morgan fingerprint density at radius 2 is 1.83 bits per heavy atom. The SMILES string of the molecule is CC(C)(C)OC(=O)Nc1sc2ccc(F)c(-c3c4c(c5c(N6C7CCC6CN(C(=O)O)C7)nc(OC[C@H]6COCCO6)nc5c3F)COC4)c2c1C#N. The Kier molecular flexibility index (Phi) is 8.96. The molecule has 2 aromatic carbocycles. The second kappa shape index (κ2) is 13.5. The zero-order valence-corrected chi connectivity index (χ0v) is 30.0. The van der Waals surface area contributed by atoms with Gasteiger partial charge in [0.1, 0.15) is 46.5 Å². The molecule has 2 amide bonds. The van der Waals surface area contributed by atoms with Crippen molar-refractivity contribution in [3.63, 3.8) is 0 Å². The highest BCUT2D eigenvalue weighted by Crippen LogP contribution is 2.49. The summed E-state index contributed by atoms with van der Waals surface area (Å²) in [6.07, 6.45) is -0.818. The van der Waals surface area contributed by atoms with Crippen molar-refractivity contribution in [2.75, 3.05) is 49.7 Å². The topological polar surface area (TPSA) is 169 Å². The molecule has 8 rings (SSSR count). The number of nitriles is 1. The van der Waals surface area contributed by atoms with E-state index in [2.05, 4.69) is 16.4 Å². The van der Waals surface area contributed by atoms with Gasteiger partial charge >= 0.3 is 18.2 Å². The van der Waals surface area contributed by atoms with Crippen LogP contribution in [0.2, 0.25) is 0 Å². The fourth-order valence-corrected chi connectivity index (χ4v) is 8.76. The maximum atomic E-state index is 17.6. The van der Waals surface area contributed by atoms with Gasteiger partial charge in [-0.25, -0.2) is 18.4 Å². The first kappa shape index (κ1) is 35.2. The third kappa shape index (κ3) is 6.33. The van der Waals surface area contributed by atoms with Gasteiger partial charge < -0.3 is 38.6 Å². The number of amides is 2. The number of benzene rings is 2. The van der Waals surface area contributed by atoms with Crippen LogP contribution in [0.1, 0.15) is 50.3 Å². The molecule has 0 saturated carbocycles. The third-order valence-electron chi connectivity index (χ3n) is 9.82. The summed E-state index contributed by atoms with van der Waals surface area (Å²) in [7, 11) is 0. The number of hydrogen-bond donors (Lipinski definition) is 2. The number of likely N-dealkylation sites (tertiary alicyclic amines) is 1. The van der Waals surface area contributed by atoms with E-state index in [9.17, 15) is 20.0 Å². The molecule has 53 heavy (non-hydrogen) atoms. The number of halogens is 2. The summed E-state index contributed by atoms with van der Waals surface area (Å²) in [6, 6.07) is 4.15. The zero-order chi connectivity index (χ0) is 37.2. The number of nitrogens with zero attached hydrogens (tertiary/aromatic N) is 5. The lowest BCUT2D eigenvalue weighted by atomic mass is 9.90. The van der Waals surface area contributed by atoms with Crippen LogP contribution in [0, 0.1) is 23.0 Å². The minimum absolute atomic E-state index is 0.0227. The summed E-state index contributed by atoms with van der Waals surface area (Å²) in [4.78, 5) is 37.5. The summed E-state index contributed by atoms with van der Waals surface area (Å²) in [5.74, 6) is -1.27. The molecule has 0 aliphatic carbocycles. The van der Waals surface area contributed by atoms with Crippen LogP contribution in [0.25, 0.3) is 32.1 Å². The van der Waals surface area contributed by atoms with Crippen molar-refractivity contribution in [1.29, 1.82) is 5.26 Å². The molecule has 2 bridgehead atoms. The Balaban J connectivity index is 1.32. The largest absolute Gasteiger partial charge is 0.465 e. The maximum absolute atomic E-state index is 17.6. The molecular weight excluding hydrogens is 714 g/mol. The van der Waals surface area contributed by atoms with Gasteiger partial charge in [0, 0.05) is 46.4 Å².